The average Bonchev–Trinajstić information content (AvgIpc) is 3.28. The van der Waals surface area contributed by atoms with Gasteiger partial charge in [-0.25, -0.2) is 31.5 Å². The van der Waals surface area contributed by atoms with E-state index in [1.807, 2.05) is 0 Å². The molecule has 5 rings (SSSR count). The molecule has 0 amide bonds. The number of rotatable bonds is 24. The predicted molar refractivity (Wildman–Crippen MR) is 238 cm³/mol. The lowest BCUT2D eigenvalue weighted by Crippen LogP contribution is -2.15. The van der Waals surface area contributed by atoms with Crippen LogP contribution in [-0.4, -0.2) is 92.2 Å². The van der Waals surface area contributed by atoms with E-state index >= 15 is 0 Å². The third-order valence-corrected chi connectivity index (χ3v) is 14.4. The van der Waals surface area contributed by atoms with E-state index in [4.69, 9.17) is 40.2 Å². The Balaban J connectivity index is 1.66. The molecule has 5 aromatic carbocycles. The summed E-state index contributed by atoms with van der Waals surface area (Å²) >= 11 is 0.615. The number of nitrogens with zero attached hydrogens (tertiary/aromatic N) is 6. The van der Waals surface area contributed by atoms with Crippen LogP contribution in [0.2, 0.25) is 0 Å². The number of azo groups is 3. The Morgan fingerprint density at radius 3 is 1.69 bits per heavy atom. The molecule has 0 saturated carbocycles. The van der Waals surface area contributed by atoms with Crippen LogP contribution in [0.4, 0.5) is 45.5 Å². The first kappa shape index (κ1) is 53.4. The van der Waals surface area contributed by atoms with Gasteiger partial charge in [0.15, 0.2) is 32.0 Å². The van der Waals surface area contributed by atoms with Gasteiger partial charge in [0.05, 0.1) is 77.8 Å². The van der Waals surface area contributed by atoms with Gasteiger partial charge in [0.2, 0.25) is 0 Å². The lowest BCUT2D eigenvalue weighted by molar-refractivity contribution is -0.434. The van der Waals surface area contributed by atoms with Crippen molar-refractivity contribution in [2.75, 3.05) is 50.4 Å². The molecular formula is C34H34N8O20S6. The molecule has 0 heterocycles. The van der Waals surface area contributed by atoms with Crippen molar-refractivity contribution in [1.29, 1.82) is 0 Å². The second kappa shape index (κ2) is 23.2. The molecule has 0 spiro atoms. The zero-order valence-electron chi connectivity index (χ0n) is 34.4. The highest BCUT2D eigenvalue weighted by Gasteiger charge is 2.22. The summed E-state index contributed by atoms with van der Waals surface area (Å²) in [5, 5.41) is 49.2. The van der Waals surface area contributed by atoms with Gasteiger partial charge in [-0.3, -0.25) is 13.3 Å². The van der Waals surface area contributed by atoms with Crippen LogP contribution in [0.15, 0.2) is 123 Å². The van der Waals surface area contributed by atoms with Crippen LogP contribution in [-0.2, 0) is 67.3 Å². The molecule has 0 aromatic heterocycles. The van der Waals surface area contributed by atoms with Crippen molar-refractivity contribution < 1.29 is 89.9 Å². The number of fused-ring (bicyclic) bond motifs is 1. The highest BCUT2D eigenvalue weighted by molar-refractivity contribution is 7.94. The molecule has 0 unspecified atom stereocenters. The second-order valence-electron chi connectivity index (χ2n) is 12.8. The van der Waals surface area contributed by atoms with Crippen molar-refractivity contribution in [3.05, 3.63) is 72.8 Å². The van der Waals surface area contributed by atoms with Crippen LogP contribution in [0.25, 0.3) is 10.8 Å². The number of sulfone groups is 2. The first-order chi connectivity index (χ1) is 32.1. The molecule has 28 nitrogen and oxygen atoms in total. The number of nitrogens with two attached hydrogens (primary N) is 2. The largest absolute Gasteiger partial charge is 0.494 e. The number of benzene rings is 5. The van der Waals surface area contributed by atoms with Crippen molar-refractivity contribution in [3.8, 4) is 11.5 Å². The van der Waals surface area contributed by atoms with Crippen LogP contribution in [0, 0.1) is 0 Å². The maximum Gasteiger partial charge on any atom is 0.397 e. The van der Waals surface area contributed by atoms with Gasteiger partial charge in [-0.2, -0.15) is 21.9 Å². The first-order valence-electron chi connectivity index (χ1n) is 18.0. The molecule has 0 fully saturated rings. The van der Waals surface area contributed by atoms with Gasteiger partial charge in [-0.05, 0) is 66.0 Å². The standard InChI is InChI=1S/C34H34N8O20S6/c1-55-28-8-6-20(65(45,46)12-10-57-64-62-60-44)16-24(28)38-41-27-18-26(40-37-19-14-23-22(30(15-19)63-61-59-43)4-3-5-31(23)67(49,50)51)32(35)34(33(27)36)42-39-25-17-21(7-9-29(25)56-2)66(47,48)13-11-58-68(52,53)54/h3-9,14-18,43-44H,10-13,35-36H2,1-2H3,(H,49,50,51)(H,52,53,54)/b40-37+,41-38+,42-39+. The molecule has 68 heavy (non-hydrogen) atoms. The number of methoxy groups -OCH3 is 2. The minimum atomic E-state index is -4.95. The van der Waals surface area contributed by atoms with E-state index < -0.39 is 74.7 Å². The number of hydrogen-bond acceptors (Lipinski definition) is 28. The van der Waals surface area contributed by atoms with E-state index in [2.05, 4.69) is 53.6 Å². The van der Waals surface area contributed by atoms with Crippen LogP contribution in [0.3, 0.4) is 0 Å². The summed E-state index contributed by atoms with van der Waals surface area (Å²) in [6.07, 6.45) is 0. The fraction of sp³-hybridized carbons (Fsp3) is 0.176. The van der Waals surface area contributed by atoms with Gasteiger partial charge < -0.3 is 20.9 Å². The predicted octanol–water partition coefficient (Wildman–Crippen LogP) is 7.31. The summed E-state index contributed by atoms with van der Waals surface area (Å²) < 4.78 is 146. The monoisotopic (exact) mass is 1070 g/mol. The van der Waals surface area contributed by atoms with E-state index in [0.717, 1.165) is 24.3 Å². The summed E-state index contributed by atoms with van der Waals surface area (Å²) in [7, 11) is -15.6. The van der Waals surface area contributed by atoms with Gasteiger partial charge in [-0.1, -0.05) is 22.2 Å². The van der Waals surface area contributed by atoms with Crippen molar-refractivity contribution in [3.63, 3.8) is 0 Å². The lowest BCUT2D eigenvalue weighted by atomic mass is 10.1. The third kappa shape index (κ3) is 14.0. The van der Waals surface area contributed by atoms with Crippen LogP contribution < -0.4 is 20.9 Å². The number of ether oxygens (including phenoxy) is 2. The highest BCUT2D eigenvalue weighted by Crippen LogP contribution is 2.47. The van der Waals surface area contributed by atoms with Crippen LogP contribution in [0.1, 0.15) is 0 Å². The molecule has 0 saturated heterocycles. The van der Waals surface area contributed by atoms with Crippen molar-refractivity contribution >= 4 is 121 Å². The molecule has 8 N–H and O–H groups in total. The van der Waals surface area contributed by atoms with E-state index in [9.17, 15) is 38.2 Å². The number of hydrogen-bond donors (Lipinski definition) is 6. The van der Waals surface area contributed by atoms with E-state index in [-0.39, 0.29) is 89.9 Å². The van der Waals surface area contributed by atoms with Crippen LogP contribution in [0.5, 0.6) is 11.5 Å². The van der Waals surface area contributed by atoms with Crippen molar-refractivity contribution in [2.45, 2.75) is 19.6 Å². The second-order valence-corrected chi connectivity index (χ2v) is 20.7. The highest BCUT2D eigenvalue weighted by atomic mass is 32.3. The molecule has 0 atom stereocenters. The van der Waals surface area contributed by atoms with Gasteiger partial charge in [0.25, 0.3) is 10.1 Å². The van der Waals surface area contributed by atoms with Crippen molar-refractivity contribution in [2.24, 2.45) is 30.7 Å². The normalized spacial score (nSPS) is 12.8. The van der Waals surface area contributed by atoms with E-state index in [1.54, 1.807) is 0 Å². The minimum absolute atomic E-state index is 0.0284. The Labute approximate surface area is 393 Å². The molecule has 0 aliphatic carbocycles. The van der Waals surface area contributed by atoms with Gasteiger partial charge in [0.1, 0.15) is 44.8 Å². The molecule has 0 aliphatic rings. The molecule has 34 heteroatoms. The molecule has 366 valence electrons. The smallest absolute Gasteiger partial charge is 0.397 e. The van der Waals surface area contributed by atoms with Gasteiger partial charge in [-0.15, -0.1) is 34.2 Å². The Morgan fingerprint density at radius 2 is 1.15 bits per heavy atom. The summed E-state index contributed by atoms with van der Waals surface area (Å²) in [5.41, 5.74) is 11.0. The van der Waals surface area contributed by atoms with E-state index in [0.29, 0.717) is 12.0 Å². The van der Waals surface area contributed by atoms with Crippen LogP contribution >= 0.6 is 24.4 Å². The summed E-state index contributed by atoms with van der Waals surface area (Å²) in [6.45, 7) is -1.33. The summed E-state index contributed by atoms with van der Waals surface area (Å²) in [4.78, 5) is -1.07. The average molecular weight is 1070 g/mol. The number of anilines is 2. The molecule has 5 aromatic rings. The fourth-order valence-corrected chi connectivity index (χ4v) is 9.73. The molecule has 0 radical (unpaired) electrons. The Bertz CT molecular complexity index is 3220. The Morgan fingerprint density at radius 1 is 0.603 bits per heavy atom. The van der Waals surface area contributed by atoms with Gasteiger partial charge in [0, 0.05) is 10.3 Å². The van der Waals surface area contributed by atoms with Gasteiger partial charge >= 0.3 is 10.4 Å². The Hall–Kier alpha value is -5.54. The maximum absolute atomic E-state index is 13.1. The maximum atomic E-state index is 13.1. The summed E-state index contributed by atoms with van der Waals surface area (Å²) in [6, 6.07) is 14.6. The van der Waals surface area contributed by atoms with E-state index in [1.165, 1.54) is 62.8 Å². The van der Waals surface area contributed by atoms with Crippen molar-refractivity contribution in [1.82, 2.24) is 0 Å². The lowest BCUT2D eigenvalue weighted by Gasteiger charge is -2.11. The third-order valence-electron chi connectivity index (χ3n) is 8.61. The summed E-state index contributed by atoms with van der Waals surface area (Å²) in [5.74, 6) is -1.44. The topological polar surface area (TPSA) is 418 Å². The zero-order valence-corrected chi connectivity index (χ0v) is 39.3. The fourth-order valence-electron chi connectivity index (χ4n) is 5.56. The minimum Gasteiger partial charge on any atom is -0.494 e. The first-order valence-corrected chi connectivity index (χ1v) is 25.5. The quantitative estimate of drug-likeness (QED) is 0.00670. The molecule has 0 aliphatic heterocycles. The molecule has 0 bridgehead atoms. The zero-order chi connectivity index (χ0) is 49.9. The SMILES string of the molecule is COc1ccc(S(=O)(=O)CCOSOOO)cc1/N=N/c1cc(/N=N/c2cc(SOOO)c3cccc(S(=O)(=O)O)c3c2)c(N)c(/N=N/c2cc(S(=O)(=O)CCOS(=O)(=O)O)ccc2OC)c1N. The molecular weight excluding hydrogens is 1030 g/mol. The number of nitrogen functional groups attached to an aromatic ring is 2. The Kier molecular flexibility index (Phi) is 18.2.